The third kappa shape index (κ3) is 5.46. The number of carbonyl (C=O) groups excluding carboxylic acids is 1. The van der Waals surface area contributed by atoms with Gasteiger partial charge >= 0.3 is 0 Å². The largest absolute Gasteiger partial charge is 0.340 e. The summed E-state index contributed by atoms with van der Waals surface area (Å²) in [6, 6.07) is 22.5. The third-order valence-corrected chi connectivity index (χ3v) is 4.68. The van der Waals surface area contributed by atoms with E-state index in [0.29, 0.717) is 28.7 Å². The molecule has 4 aromatic rings. The minimum Gasteiger partial charge on any atom is -0.340 e. The second kappa shape index (κ2) is 9.26. The SMILES string of the molecule is Cc1ccc(Nc2cc(Nc3ccc(NC(=O)c4ccc(F)cc4)cc3)nc(C)n2)cc1. The Labute approximate surface area is 185 Å². The lowest BCUT2D eigenvalue weighted by Crippen LogP contribution is -2.11. The highest BCUT2D eigenvalue weighted by Gasteiger charge is 2.07. The van der Waals surface area contributed by atoms with E-state index in [-0.39, 0.29) is 11.7 Å². The van der Waals surface area contributed by atoms with Crippen molar-refractivity contribution in [1.29, 1.82) is 0 Å². The summed E-state index contributed by atoms with van der Waals surface area (Å²) >= 11 is 0. The zero-order chi connectivity index (χ0) is 22.5. The number of aryl methyl sites for hydroxylation is 2. The number of hydrogen-bond donors (Lipinski definition) is 3. The van der Waals surface area contributed by atoms with Gasteiger partial charge in [0.15, 0.2) is 0 Å². The van der Waals surface area contributed by atoms with Crippen molar-refractivity contribution in [3.63, 3.8) is 0 Å². The van der Waals surface area contributed by atoms with Crippen LogP contribution in [0.5, 0.6) is 0 Å². The maximum atomic E-state index is 13.0. The molecule has 0 atom stereocenters. The van der Waals surface area contributed by atoms with Crippen LogP contribution in [0.4, 0.5) is 33.1 Å². The molecule has 0 aliphatic heterocycles. The van der Waals surface area contributed by atoms with Crippen LogP contribution in [0.2, 0.25) is 0 Å². The van der Waals surface area contributed by atoms with E-state index in [9.17, 15) is 9.18 Å². The summed E-state index contributed by atoms with van der Waals surface area (Å²) in [5, 5.41) is 9.33. The zero-order valence-corrected chi connectivity index (χ0v) is 17.7. The van der Waals surface area contributed by atoms with Gasteiger partial charge in [-0.05, 0) is 74.5 Å². The van der Waals surface area contributed by atoms with Crippen molar-refractivity contribution in [3.8, 4) is 0 Å². The molecule has 3 aromatic carbocycles. The number of hydrogen-bond acceptors (Lipinski definition) is 5. The molecule has 32 heavy (non-hydrogen) atoms. The van der Waals surface area contributed by atoms with E-state index in [1.807, 2.05) is 56.3 Å². The van der Waals surface area contributed by atoms with Gasteiger partial charge in [-0.1, -0.05) is 17.7 Å². The Morgan fingerprint density at radius 2 is 1.22 bits per heavy atom. The first-order chi connectivity index (χ1) is 15.4. The van der Waals surface area contributed by atoms with Gasteiger partial charge in [-0.15, -0.1) is 0 Å². The monoisotopic (exact) mass is 427 g/mol. The Hall–Kier alpha value is -4.26. The van der Waals surface area contributed by atoms with Gasteiger partial charge < -0.3 is 16.0 Å². The first-order valence-electron chi connectivity index (χ1n) is 10.1. The van der Waals surface area contributed by atoms with Crippen LogP contribution >= 0.6 is 0 Å². The highest BCUT2D eigenvalue weighted by atomic mass is 19.1. The molecule has 1 amide bonds. The van der Waals surface area contributed by atoms with E-state index < -0.39 is 0 Å². The molecule has 7 heteroatoms. The van der Waals surface area contributed by atoms with Crippen LogP contribution in [-0.4, -0.2) is 15.9 Å². The molecular weight excluding hydrogens is 405 g/mol. The topological polar surface area (TPSA) is 78.9 Å². The summed E-state index contributed by atoms with van der Waals surface area (Å²) < 4.78 is 13.0. The first kappa shape index (κ1) is 21.0. The van der Waals surface area contributed by atoms with Crippen LogP contribution < -0.4 is 16.0 Å². The van der Waals surface area contributed by atoms with Gasteiger partial charge in [-0.2, -0.15) is 0 Å². The number of halogens is 1. The Morgan fingerprint density at radius 1 is 0.719 bits per heavy atom. The molecule has 1 heterocycles. The lowest BCUT2D eigenvalue weighted by atomic mass is 10.2. The normalized spacial score (nSPS) is 10.5. The van der Waals surface area contributed by atoms with Gasteiger partial charge in [0.2, 0.25) is 0 Å². The molecule has 1 aromatic heterocycles. The second-order valence-electron chi connectivity index (χ2n) is 7.34. The molecule has 0 fully saturated rings. The highest BCUT2D eigenvalue weighted by Crippen LogP contribution is 2.22. The summed E-state index contributed by atoms with van der Waals surface area (Å²) in [5.41, 5.74) is 3.96. The van der Waals surface area contributed by atoms with Crippen LogP contribution in [0.25, 0.3) is 0 Å². The van der Waals surface area contributed by atoms with Crippen LogP contribution in [-0.2, 0) is 0 Å². The predicted octanol–water partition coefficient (Wildman–Crippen LogP) is 5.97. The maximum Gasteiger partial charge on any atom is 0.255 e. The highest BCUT2D eigenvalue weighted by molar-refractivity contribution is 6.04. The molecule has 160 valence electrons. The molecule has 0 aliphatic rings. The van der Waals surface area contributed by atoms with Gasteiger partial charge in [0.05, 0.1) is 0 Å². The average molecular weight is 427 g/mol. The fourth-order valence-electron chi connectivity index (χ4n) is 3.07. The summed E-state index contributed by atoms with van der Waals surface area (Å²) in [4.78, 5) is 21.2. The van der Waals surface area contributed by atoms with Crippen molar-refractivity contribution in [2.24, 2.45) is 0 Å². The number of amides is 1. The molecule has 3 N–H and O–H groups in total. The molecule has 6 nitrogen and oxygen atoms in total. The molecule has 0 unspecified atom stereocenters. The van der Waals surface area contributed by atoms with Crippen LogP contribution in [0.3, 0.4) is 0 Å². The van der Waals surface area contributed by atoms with Gasteiger partial charge in [-0.3, -0.25) is 4.79 Å². The molecular formula is C25H22FN5O. The van der Waals surface area contributed by atoms with Crippen LogP contribution in [0.1, 0.15) is 21.7 Å². The number of anilines is 5. The van der Waals surface area contributed by atoms with E-state index in [1.165, 1.54) is 29.8 Å². The van der Waals surface area contributed by atoms with Crippen molar-refractivity contribution in [2.45, 2.75) is 13.8 Å². The number of benzene rings is 3. The minimum absolute atomic E-state index is 0.302. The molecule has 4 rings (SSSR count). The van der Waals surface area contributed by atoms with Crippen molar-refractivity contribution < 1.29 is 9.18 Å². The number of nitrogens with zero attached hydrogens (tertiary/aromatic N) is 2. The van der Waals surface area contributed by atoms with E-state index >= 15 is 0 Å². The summed E-state index contributed by atoms with van der Waals surface area (Å²) in [5.74, 6) is 1.29. The van der Waals surface area contributed by atoms with Crippen molar-refractivity contribution in [1.82, 2.24) is 9.97 Å². The molecule has 0 spiro atoms. The Kier molecular flexibility index (Phi) is 6.07. The van der Waals surface area contributed by atoms with Crippen LogP contribution in [0, 0.1) is 19.7 Å². The summed E-state index contributed by atoms with van der Waals surface area (Å²) in [6.07, 6.45) is 0. The third-order valence-electron chi connectivity index (χ3n) is 4.68. The molecule has 0 radical (unpaired) electrons. The predicted molar refractivity (Wildman–Crippen MR) is 125 cm³/mol. The van der Waals surface area contributed by atoms with Gasteiger partial charge in [0.25, 0.3) is 5.91 Å². The molecule has 0 saturated carbocycles. The smallest absolute Gasteiger partial charge is 0.255 e. The molecule has 0 aliphatic carbocycles. The average Bonchev–Trinajstić information content (AvgIpc) is 2.77. The number of aromatic nitrogens is 2. The standard InChI is InChI=1S/C25H22FN5O/c1-16-3-9-20(10-4-16)29-23-15-24(28-17(2)27-23)30-21-11-13-22(14-12-21)31-25(32)18-5-7-19(26)8-6-18/h3-15H,1-2H3,(H,31,32)(H2,27,28,29,30). The zero-order valence-electron chi connectivity index (χ0n) is 17.7. The fraction of sp³-hybridized carbons (Fsp3) is 0.0800. The quantitative estimate of drug-likeness (QED) is 0.353. The number of rotatable bonds is 6. The second-order valence-corrected chi connectivity index (χ2v) is 7.34. The van der Waals surface area contributed by atoms with E-state index in [2.05, 4.69) is 25.9 Å². The van der Waals surface area contributed by atoms with Gasteiger partial charge in [0, 0.05) is 28.7 Å². The van der Waals surface area contributed by atoms with Gasteiger partial charge in [-0.25, -0.2) is 14.4 Å². The molecule has 0 saturated heterocycles. The van der Waals surface area contributed by atoms with E-state index in [1.54, 1.807) is 12.1 Å². The molecule has 0 bridgehead atoms. The number of carbonyl (C=O) groups is 1. The Bertz CT molecular complexity index is 1220. The van der Waals surface area contributed by atoms with Crippen molar-refractivity contribution in [2.75, 3.05) is 16.0 Å². The Balaban J connectivity index is 1.42. The fourth-order valence-corrected chi connectivity index (χ4v) is 3.07. The minimum atomic E-state index is -0.380. The summed E-state index contributed by atoms with van der Waals surface area (Å²) in [7, 11) is 0. The lowest BCUT2D eigenvalue weighted by molar-refractivity contribution is 0.102. The maximum absolute atomic E-state index is 13.0. The van der Waals surface area contributed by atoms with Crippen molar-refractivity contribution >= 4 is 34.6 Å². The van der Waals surface area contributed by atoms with E-state index in [0.717, 1.165) is 11.4 Å². The summed E-state index contributed by atoms with van der Waals surface area (Å²) in [6.45, 7) is 3.87. The Morgan fingerprint density at radius 3 is 1.78 bits per heavy atom. The lowest BCUT2D eigenvalue weighted by Gasteiger charge is -2.11. The number of nitrogens with one attached hydrogen (secondary N) is 3. The van der Waals surface area contributed by atoms with E-state index in [4.69, 9.17) is 0 Å². The van der Waals surface area contributed by atoms with Gasteiger partial charge in [0.1, 0.15) is 23.3 Å². The van der Waals surface area contributed by atoms with Crippen molar-refractivity contribution in [3.05, 3.63) is 102 Å². The first-order valence-corrected chi connectivity index (χ1v) is 10.1. The van der Waals surface area contributed by atoms with Crippen LogP contribution in [0.15, 0.2) is 78.9 Å².